The summed E-state index contributed by atoms with van der Waals surface area (Å²) >= 11 is 1.53. The molecule has 3 N–H and O–H groups in total. The molecule has 1 aliphatic carbocycles. The van der Waals surface area contributed by atoms with E-state index >= 15 is 0 Å². The Kier molecular flexibility index (Phi) is 10.0. The number of benzene rings is 2. The van der Waals surface area contributed by atoms with Crippen LogP contribution in [0.15, 0.2) is 48.5 Å². The number of carbonyl (C=O) groups is 3. The van der Waals surface area contributed by atoms with Gasteiger partial charge < -0.3 is 20.5 Å². The molecule has 2 amide bonds. The summed E-state index contributed by atoms with van der Waals surface area (Å²) in [5.74, 6) is -0.854. The lowest BCUT2D eigenvalue weighted by atomic mass is 9.98. The van der Waals surface area contributed by atoms with E-state index in [1.807, 2.05) is 37.4 Å². The standard InChI is InChI=1S/C27H34N2O5S/c1-3-4-9-18(16-25(30)29-24(26(31)32)14-15-35-2)28-27(33)34-17-23-21-12-7-5-10-19(21)20-11-6-8-13-22(20)23/h5-8,10-13,18,23-24H,3-4,9,14-17H2,1-2H3,(H,28,33)(H,29,30)(H,31,32)/t18?,24-/m1/s1. The van der Waals surface area contributed by atoms with Crippen LogP contribution in [0.1, 0.15) is 56.1 Å². The molecule has 0 saturated heterocycles. The molecule has 0 bridgehead atoms. The first-order valence-electron chi connectivity index (χ1n) is 12.1. The van der Waals surface area contributed by atoms with Gasteiger partial charge >= 0.3 is 12.1 Å². The van der Waals surface area contributed by atoms with E-state index in [2.05, 4.69) is 34.9 Å². The molecule has 8 heteroatoms. The van der Waals surface area contributed by atoms with E-state index in [4.69, 9.17) is 4.74 Å². The molecule has 2 aromatic rings. The molecule has 35 heavy (non-hydrogen) atoms. The van der Waals surface area contributed by atoms with Gasteiger partial charge in [0.15, 0.2) is 0 Å². The van der Waals surface area contributed by atoms with Crippen LogP contribution in [0.3, 0.4) is 0 Å². The van der Waals surface area contributed by atoms with Crippen molar-refractivity contribution in [3.63, 3.8) is 0 Å². The van der Waals surface area contributed by atoms with Crippen molar-refractivity contribution in [3.05, 3.63) is 59.7 Å². The van der Waals surface area contributed by atoms with Gasteiger partial charge in [0.1, 0.15) is 12.6 Å². The van der Waals surface area contributed by atoms with Crippen LogP contribution >= 0.6 is 11.8 Å². The van der Waals surface area contributed by atoms with Crippen molar-refractivity contribution in [2.45, 2.75) is 57.0 Å². The highest BCUT2D eigenvalue weighted by Gasteiger charge is 2.29. The second-order valence-electron chi connectivity index (χ2n) is 8.75. The molecule has 1 aliphatic rings. The van der Waals surface area contributed by atoms with Crippen molar-refractivity contribution < 1.29 is 24.2 Å². The van der Waals surface area contributed by atoms with Crippen LogP contribution < -0.4 is 10.6 Å². The highest BCUT2D eigenvalue weighted by Crippen LogP contribution is 2.44. The van der Waals surface area contributed by atoms with Gasteiger partial charge in [-0.15, -0.1) is 0 Å². The van der Waals surface area contributed by atoms with Crippen molar-refractivity contribution in [1.29, 1.82) is 0 Å². The quantitative estimate of drug-likeness (QED) is 0.367. The number of thioether (sulfide) groups is 1. The van der Waals surface area contributed by atoms with Gasteiger partial charge in [0, 0.05) is 18.4 Å². The summed E-state index contributed by atoms with van der Waals surface area (Å²) in [5.41, 5.74) is 4.58. The summed E-state index contributed by atoms with van der Waals surface area (Å²) in [6, 6.07) is 14.9. The molecule has 2 aromatic carbocycles. The minimum atomic E-state index is -1.05. The second-order valence-corrected chi connectivity index (χ2v) is 9.74. The maximum Gasteiger partial charge on any atom is 0.407 e. The average Bonchev–Trinajstić information content (AvgIpc) is 3.17. The molecule has 0 heterocycles. The van der Waals surface area contributed by atoms with Crippen LogP contribution in [-0.2, 0) is 14.3 Å². The van der Waals surface area contributed by atoms with Crippen molar-refractivity contribution in [3.8, 4) is 11.1 Å². The minimum Gasteiger partial charge on any atom is -0.480 e. The summed E-state index contributed by atoms with van der Waals surface area (Å²) in [4.78, 5) is 36.7. The highest BCUT2D eigenvalue weighted by molar-refractivity contribution is 7.98. The van der Waals surface area contributed by atoms with E-state index in [-0.39, 0.29) is 18.9 Å². The van der Waals surface area contributed by atoms with E-state index in [1.54, 1.807) is 0 Å². The lowest BCUT2D eigenvalue weighted by molar-refractivity contribution is -0.141. The van der Waals surface area contributed by atoms with Crippen LogP contribution in [0.25, 0.3) is 11.1 Å². The molecular weight excluding hydrogens is 464 g/mol. The molecule has 0 spiro atoms. The third kappa shape index (κ3) is 7.24. The number of hydrogen-bond acceptors (Lipinski definition) is 5. The number of carbonyl (C=O) groups excluding carboxylic acids is 2. The van der Waals surface area contributed by atoms with Gasteiger partial charge in [-0.05, 0) is 47.1 Å². The number of hydrogen-bond donors (Lipinski definition) is 3. The van der Waals surface area contributed by atoms with Crippen LogP contribution in [0.2, 0.25) is 0 Å². The first kappa shape index (κ1) is 26.6. The third-order valence-electron chi connectivity index (χ3n) is 6.25. The molecule has 3 rings (SSSR count). The first-order chi connectivity index (χ1) is 16.9. The number of fused-ring (bicyclic) bond motifs is 3. The highest BCUT2D eigenvalue weighted by atomic mass is 32.2. The van der Waals surface area contributed by atoms with Gasteiger partial charge in [-0.25, -0.2) is 9.59 Å². The van der Waals surface area contributed by atoms with Crippen LogP contribution in [0, 0.1) is 0 Å². The van der Waals surface area contributed by atoms with Gasteiger partial charge in [-0.3, -0.25) is 4.79 Å². The van der Waals surface area contributed by atoms with Crippen LogP contribution in [0.4, 0.5) is 4.79 Å². The number of ether oxygens (including phenoxy) is 1. The molecular formula is C27H34N2O5S. The second kappa shape index (κ2) is 13.2. The number of aliphatic carboxylic acids is 1. The maximum absolute atomic E-state index is 12.7. The van der Waals surface area contributed by atoms with E-state index < -0.39 is 30.1 Å². The van der Waals surface area contributed by atoms with E-state index in [0.717, 1.165) is 35.1 Å². The summed E-state index contributed by atoms with van der Waals surface area (Å²) in [6.07, 6.45) is 4.02. The number of nitrogens with one attached hydrogen (secondary N) is 2. The lowest BCUT2D eigenvalue weighted by Gasteiger charge is -2.21. The number of carboxylic acids is 1. The zero-order valence-corrected chi connectivity index (χ0v) is 21.1. The van der Waals surface area contributed by atoms with Gasteiger partial charge in [0.2, 0.25) is 5.91 Å². The molecule has 188 valence electrons. The maximum atomic E-state index is 12.7. The minimum absolute atomic E-state index is 0.00719. The number of rotatable bonds is 13. The normalized spacial score (nSPS) is 13.9. The SMILES string of the molecule is CCCCC(CC(=O)N[C@H](CCSC)C(=O)O)NC(=O)OCC1c2ccccc2-c2ccccc21. The Morgan fingerprint density at radius 3 is 2.20 bits per heavy atom. The van der Waals surface area contributed by atoms with Gasteiger partial charge in [0.25, 0.3) is 0 Å². The molecule has 0 radical (unpaired) electrons. The Balaban J connectivity index is 1.59. The molecule has 0 fully saturated rings. The number of unbranched alkanes of at least 4 members (excludes halogenated alkanes) is 1. The lowest BCUT2D eigenvalue weighted by Crippen LogP contribution is -2.45. The summed E-state index contributed by atoms with van der Waals surface area (Å²) in [7, 11) is 0. The summed E-state index contributed by atoms with van der Waals surface area (Å²) in [6.45, 7) is 2.23. The number of alkyl carbamates (subject to hydrolysis) is 1. The summed E-state index contributed by atoms with van der Waals surface area (Å²) in [5, 5.41) is 14.8. The first-order valence-corrected chi connectivity index (χ1v) is 13.5. The van der Waals surface area contributed by atoms with Crippen molar-refractivity contribution in [2.75, 3.05) is 18.6 Å². The smallest absolute Gasteiger partial charge is 0.407 e. The topological polar surface area (TPSA) is 105 Å². The fourth-order valence-electron chi connectivity index (χ4n) is 4.45. The Bertz CT molecular complexity index is 983. The molecule has 0 aromatic heterocycles. The van der Waals surface area contributed by atoms with Crippen LogP contribution in [0.5, 0.6) is 0 Å². The van der Waals surface area contributed by atoms with Crippen molar-refractivity contribution in [2.24, 2.45) is 0 Å². The largest absolute Gasteiger partial charge is 0.480 e. The van der Waals surface area contributed by atoms with E-state index in [1.165, 1.54) is 11.8 Å². The zero-order chi connectivity index (χ0) is 25.2. The van der Waals surface area contributed by atoms with Crippen LogP contribution in [-0.4, -0.2) is 53.8 Å². The average molecular weight is 499 g/mol. The van der Waals surface area contributed by atoms with Gasteiger partial charge in [0.05, 0.1) is 0 Å². The fraction of sp³-hybridized carbons (Fsp3) is 0.444. The monoisotopic (exact) mass is 498 g/mol. The number of amides is 2. The zero-order valence-electron chi connectivity index (χ0n) is 20.3. The van der Waals surface area contributed by atoms with E-state index in [0.29, 0.717) is 18.6 Å². The Morgan fingerprint density at radius 1 is 1.00 bits per heavy atom. The predicted molar refractivity (Wildman–Crippen MR) is 139 cm³/mol. The molecule has 0 saturated carbocycles. The van der Waals surface area contributed by atoms with Gasteiger partial charge in [-0.2, -0.15) is 11.8 Å². The third-order valence-corrected chi connectivity index (χ3v) is 6.89. The van der Waals surface area contributed by atoms with Crippen molar-refractivity contribution in [1.82, 2.24) is 10.6 Å². The van der Waals surface area contributed by atoms with Crippen molar-refractivity contribution >= 4 is 29.7 Å². The summed E-state index contributed by atoms with van der Waals surface area (Å²) < 4.78 is 5.63. The Labute approximate surface area is 211 Å². The fourth-order valence-corrected chi connectivity index (χ4v) is 4.92. The molecule has 1 unspecified atom stereocenters. The Morgan fingerprint density at radius 2 is 1.63 bits per heavy atom. The van der Waals surface area contributed by atoms with Gasteiger partial charge in [-0.1, -0.05) is 68.3 Å². The molecule has 7 nitrogen and oxygen atoms in total. The Hall–Kier alpha value is -3.00. The molecule has 0 aliphatic heterocycles. The predicted octanol–water partition coefficient (Wildman–Crippen LogP) is 4.80. The molecule has 2 atom stereocenters. The van der Waals surface area contributed by atoms with E-state index in [9.17, 15) is 19.5 Å². The number of carboxylic acid groups (broad SMARTS) is 1.